The van der Waals surface area contributed by atoms with E-state index in [-0.39, 0.29) is 28.3 Å². The summed E-state index contributed by atoms with van der Waals surface area (Å²) in [5.74, 6) is -0.0151. The Morgan fingerprint density at radius 1 is 1.21 bits per heavy atom. The predicted octanol–water partition coefficient (Wildman–Crippen LogP) is 3.31. The number of anilines is 1. The van der Waals surface area contributed by atoms with Gasteiger partial charge in [0, 0.05) is 37.8 Å². The Morgan fingerprint density at radius 2 is 1.94 bits per heavy atom. The van der Waals surface area contributed by atoms with E-state index in [0.29, 0.717) is 43.7 Å². The van der Waals surface area contributed by atoms with Crippen LogP contribution in [0.25, 0.3) is 11.1 Å². The number of nitrogens with one attached hydrogen (secondary N) is 1. The molecule has 1 aliphatic rings. The third kappa shape index (κ3) is 4.86. The fourth-order valence-electron chi connectivity index (χ4n) is 4.17. The topological polar surface area (TPSA) is 115 Å². The Balaban J connectivity index is 1.40. The summed E-state index contributed by atoms with van der Waals surface area (Å²) in [6.45, 7) is 6.32. The van der Waals surface area contributed by atoms with Crippen LogP contribution in [0.5, 0.6) is 0 Å². The highest BCUT2D eigenvalue weighted by molar-refractivity contribution is 7.89. The van der Waals surface area contributed by atoms with E-state index in [1.54, 1.807) is 18.3 Å². The molecule has 3 heterocycles. The molecule has 0 aliphatic carbocycles. The van der Waals surface area contributed by atoms with Crippen LogP contribution in [-0.4, -0.2) is 41.3 Å². The van der Waals surface area contributed by atoms with Crippen LogP contribution in [0.3, 0.4) is 0 Å². The summed E-state index contributed by atoms with van der Waals surface area (Å²) >= 11 is 0. The number of hydrogen-bond donors (Lipinski definition) is 1. The van der Waals surface area contributed by atoms with E-state index in [1.807, 2.05) is 26.8 Å². The Labute approximate surface area is 192 Å². The smallest absolute Gasteiger partial charge is 0.408 e. The van der Waals surface area contributed by atoms with Crippen molar-refractivity contribution in [2.75, 3.05) is 18.4 Å². The third-order valence-electron chi connectivity index (χ3n) is 5.97. The van der Waals surface area contributed by atoms with Gasteiger partial charge >= 0.3 is 5.76 Å². The molecule has 1 aliphatic heterocycles. The van der Waals surface area contributed by atoms with E-state index < -0.39 is 15.8 Å². The largest absolute Gasteiger partial charge is 0.420 e. The predicted molar refractivity (Wildman–Crippen MR) is 125 cm³/mol. The summed E-state index contributed by atoms with van der Waals surface area (Å²) in [5.41, 5.74) is 1.84. The van der Waals surface area contributed by atoms with Gasteiger partial charge in [0.1, 0.15) is 5.82 Å². The Bertz CT molecular complexity index is 1320. The van der Waals surface area contributed by atoms with Crippen molar-refractivity contribution >= 4 is 32.8 Å². The maximum atomic E-state index is 13.2. The van der Waals surface area contributed by atoms with Crippen molar-refractivity contribution in [2.24, 2.45) is 5.92 Å². The lowest BCUT2D eigenvalue weighted by molar-refractivity contribution is -0.117. The first-order valence-corrected chi connectivity index (χ1v) is 12.5. The summed E-state index contributed by atoms with van der Waals surface area (Å²) in [6.07, 6.45) is 3.20. The standard InChI is InChI=1S/C23H28N4O5S/c1-15(2)27-19-6-5-18(13-20(19)32-23(27)29)33(30,31)26-10-8-17(9-11-26)12-22(28)25-21-7-4-16(3)14-24-21/h4-7,13-15,17H,8-12H2,1-3H3,(H,24,25,28). The van der Waals surface area contributed by atoms with Gasteiger partial charge in [0.2, 0.25) is 15.9 Å². The second-order valence-electron chi connectivity index (χ2n) is 8.78. The van der Waals surface area contributed by atoms with Crippen molar-refractivity contribution in [3.05, 3.63) is 52.6 Å². The average molecular weight is 473 g/mol. The normalized spacial score (nSPS) is 15.9. The SMILES string of the molecule is Cc1ccc(NC(=O)CC2CCN(S(=O)(=O)c3ccc4c(c3)oc(=O)n4C(C)C)CC2)nc1. The number of rotatable bonds is 6. The van der Waals surface area contributed by atoms with Crippen LogP contribution < -0.4 is 11.1 Å². The van der Waals surface area contributed by atoms with Crippen LogP contribution in [0, 0.1) is 12.8 Å². The lowest BCUT2D eigenvalue weighted by Crippen LogP contribution is -2.39. The van der Waals surface area contributed by atoms with Gasteiger partial charge in [0.25, 0.3) is 0 Å². The van der Waals surface area contributed by atoms with Gasteiger partial charge in [-0.3, -0.25) is 9.36 Å². The first kappa shape index (κ1) is 23.2. The number of fused-ring (bicyclic) bond motifs is 1. The Morgan fingerprint density at radius 3 is 2.58 bits per heavy atom. The zero-order valence-electron chi connectivity index (χ0n) is 18.9. The molecule has 9 nitrogen and oxygen atoms in total. The number of pyridine rings is 1. The molecule has 176 valence electrons. The molecule has 0 saturated carbocycles. The number of carbonyl (C=O) groups is 1. The molecule has 1 saturated heterocycles. The molecule has 4 rings (SSSR count). The zero-order chi connectivity index (χ0) is 23.8. The number of carbonyl (C=O) groups excluding carboxylic acids is 1. The number of aryl methyl sites for hydroxylation is 1. The van der Waals surface area contributed by atoms with Gasteiger partial charge < -0.3 is 9.73 Å². The first-order chi connectivity index (χ1) is 15.6. The molecular formula is C23H28N4O5S. The van der Waals surface area contributed by atoms with Gasteiger partial charge in [0.15, 0.2) is 5.58 Å². The fourth-order valence-corrected chi connectivity index (χ4v) is 5.65. The Kier molecular flexibility index (Phi) is 6.40. The molecule has 0 bridgehead atoms. The molecule has 1 aromatic carbocycles. The second-order valence-corrected chi connectivity index (χ2v) is 10.7. The minimum absolute atomic E-state index is 0.0979. The van der Waals surface area contributed by atoms with E-state index in [4.69, 9.17) is 4.42 Å². The molecular weight excluding hydrogens is 444 g/mol. The molecule has 0 atom stereocenters. The summed E-state index contributed by atoms with van der Waals surface area (Å²) in [4.78, 5) is 28.7. The van der Waals surface area contributed by atoms with Gasteiger partial charge in [-0.2, -0.15) is 4.31 Å². The van der Waals surface area contributed by atoms with Gasteiger partial charge in [-0.1, -0.05) is 6.07 Å². The Hall–Kier alpha value is -2.98. The maximum Gasteiger partial charge on any atom is 0.420 e. The molecule has 33 heavy (non-hydrogen) atoms. The maximum absolute atomic E-state index is 13.2. The average Bonchev–Trinajstić information content (AvgIpc) is 3.10. The lowest BCUT2D eigenvalue weighted by atomic mass is 9.94. The van der Waals surface area contributed by atoms with Gasteiger partial charge in [0.05, 0.1) is 10.4 Å². The second kappa shape index (κ2) is 9.11. The van der Waals surface area contributed by atoms with Crippen molar-refractivity contribution in [2.45, 2.75) is 51.0 Å². The monoisotopic (exact) mass is 472 g/mol. The zero-order valence-corrected chi connectivity index (χ0v) is 19.8. The van der Waals surface area contributed by atoms with Gasteiger partial charge in [-0.25, -0.2) is 18.2 Å². The number of piperidine rings is 1. The molecule has 10 heteroatoms. The van der Waals surface area contributed by atoms with Crippen molar-refractivity contribution in [1.29, 1.82) is 0 Å². The number of amides is 1. The van der Waals surface area contributed by atoms with Gasteiger partial charge in [-0.05, 0) is 63.3 Å². The highest BCUT2D eigenvalue weighted by Gasteiger charge is 2.31. The number of sulfonamides is 1. The van der Waals surface area contributed by atoms with Crippen LogP contribution in [0.4, 0.5) is 5.82 Å². The van der Waals surface area contributed by atoms with E-state index in [9.17, 15) is 18.0 Å². The van der Waals surface area contributed by atoms with E-state index in [2.05, 4.69) is 10.3 Å². The molecule has 0 radical (unpaired) electrons. The highest BCUT2D eigenvalue weighted by atomic mass is 32.2. The molecule has 2 aromatic heterocycles. The number of aromatic nitrogens is 2. The van der Waals surface area contributed by atoms with Crippen LogP contribution in [0.15, 0.2) is 50.6 Å². The number of benzene rings is 1. The summed E-state index contributed by atoms with van der Waals surface area (Å²) in [6, 6.07) is 8.09. The van der Waals surface area contributed by atoms with Crippen LogP contribution in [0.1, 0.15) is 44.7 Å². The minimum Gasteiger partial charge on any atom is -0.408 e. The van der Waals surface area contributed by atoms with Crippen molar-refractivity contribution < 1.29 is 17.6 Å². The summed E-state index contributed by atoms with van der Waals surface area (Å²) < 4.78 is 34.5. The number of nitrogens with zero attached hydrogens (tertiary/aromatic N) is 3. The highest BCUT2D eigenvalue weighted by Crippen LogP contribution is 2.28. The quantitative estimate of drug-likeness (QED) is 0.589. The molecule has 1 amide bonds. The summed E-state index contributed by atoms with van der Waals surface area (Å²) in [7, 11) is -3.73. The molecule has 0 spiro atoms. The van der Waals surface area contributed by atoms with E-state index >= 15 is 0 Å². The third-order valence-corrected chi connectivity index (χ3v) is 7.86. The lowest BCUT2D eigenvalue weighted by Gasteiger charge is -2.30. The molecule has 1 N–H and O–H groups in total. The van der Waals surface area contributed by atoms with Crippen molar-refractivity contribution in [3.63, 3.8) is 0 Å². The van der Waals surface area contributed by atoms with Crippen molar-refractivity contribution in [3.8, 4) is 0 Å². The fraction of sp³-hybridized carbons (Fsp3) is 0.435. The van der Waals surface area contributed by atoms with Crippen LogP contribution >= 0.6 is 0 Å². The number of hydrogen-bond acceptors (Lipinski definition) is 6. The first-order valence-electron chi connectivity index (χ1n) is 11.0. The molecule has 0 unspecified atom stereocenters. The minimum atomic E-state index is -3.73. The van der Waals surface area contributed by atoms with E-state index in [1.165, 1.54) is 21.0 Å². The van der Waals surface area contributed by atoms with Crippen LogP contribution in [0.2, 0.25) is 0 Å². The van der Waals surface area contributed by atoms with Crippen molar-refractivity contribution in [1.82, 2.24) is 13.9 Å². The summed E-state index contributed by atoms with van der Waals surface area (Å²) in [5, 5.41) is 2.80. The molecule has 1 fully saturated rings. The van der Waals surface area contributed by atoms with E-state index in [0.717, 1.165) is 5.56 Å². The van der Waals surface area contributed by atoms with Crippen LogP contribution in [-0.2, 0) is 14.8 Å². The number of oxazole rings is 1. The van der Waals surface area contributed by atoms with Gasteiger partial charge in [-0.15, -0.1) is 0 Å². The molecule has 3 aromatic rings.